The van der Waals surface area contributed by atoms with Crippen LogP contribution in [0.1, 0.15) is 38.5 Å². The molecule has 1 saturated carbocycles. The first-order chi connectivity index (χ1) is 6.23. The summed E-state index contributed by atoms with van der Waals surface area (Å²) in [5.41, 5.74) is 0. The maximum Gasteiger partial charge on any atom is 0.319 e. The van der Waals surface area contributed by atoms with E-state index < -0.39 is 10.7 Å². The normalized spacial score (nSPS) is 34.5. The van der Waals surface area contributed by atoms with Gasteiger partial charge in [-0.25, -0.2) is 0 Å². The summed E-state index contributed by atoms with van der Waals surface area (Å²) in [7, 11) is 0. The highest BCUT2D eigenvalue weighted by Crippen LogP contribution is 2.46. The van der Waals surface area contributed by atoms with Gasteiger partial charge in [-0.2, -0.15) is 0 Å². The fraction of sp³-hybridized carbons (Fsp3) is 0.900. The van der Waals surface area contributed by atoms with E-state index in [4.69, 9.17) is 0 Å². The Labute approximate surface area is 83.1 Å². The Morgan fingerprint density at radius 1 is 1.46 bits per heavy atom. The molecule has 2 rings (SSSR count). The van der Waals surface area contributed by atoms with Crippen molar-refractivity contribution < 1.29 is 9.90 Å². The molecule has 1 aliphatic carbocycles. The third-order valence-corrected chi connectivity index (χ3v) is 4.93. The maximum absolute atomic E-state index is 11.2. The average Bonchev–Trinajstić information content (AvgIpc) is 2.46. The standard InChI is InChI=1S/C10H16O2S/c11-9(12)10(5-2-6-13-10)7-8-3-1-4-8/h8H,1-7H2,(H,11,12). The molecule has 13 heavy (non-hydrogen) atoms. The van der Waals surface area contributed by atoms with Crippen molar-refractivity contribution in [2.45, 2.75) is 43.3 Å². The summed E-state index contributed by atoms with van der Waals surface area (Å²) in [6, 6.07) is 0. The van der Waals surface area contributed by atoms with Gasteiger partial charge in [-0.1, -0.05) is 19.3 Å². The zero-order chi connectivity index (χ0) is 9.31. The first-order valence-corrected chi connectivity index (χ1v) is 6.09. The second-order valence-corrected chi connectivity index (χ2v) is 5.73. The van der Waals surface area contributed by atoms with Gasteiger partial charge in [0.25, 0.3) is 0 Å². The smallest absolute Gasteiger partial charge is 0.319 e. The number of hydrogen-bond acceptors (Lipinski definition) is 2. The number of aliphatic carboxylic acids is 1. The van der Waals surface area contributed by atoms with Gasteiger partial charge in [-0.15, -0.1) is 11.8 Å². The summed E-state index contributed by atoms with van der Waals surface area (Å²) < 4.78 is -0.398. The number of carbonyl (C=O) groups is 1. The van der Waals surface area contributed by atoms with E-state index in [9.17, 15) is 9.90 Å². The molecule has 1 saturated heterocycles. The van der Waals surface area contributed by atoms with Crippen LogP contribution in [-0.2, 0) is 4.79 Å². The fourth-order valence-electron chi connectivity index (χ4n) is 2.28. The second-order valence-electron chi connectivity index (χ2n) is 4.25. The third kappa shape index (κ3) is 1.71. The lowest BCUT2D eigenvalue weighted by Gasteiger charge is -2.33. The lowest BCUT2D eigenvalue weighted by atomic mass is 9.77. The highest BCUT2D eigenvalue weighted by molar-refractivity contribution is 8.01. The second kappa shape index (κ2) is 3.52. The number of hydrogen-bond donors (Lipinski definition) is 1. The molecule has 1 atom stereocenters. The molecule has 2 nitrogen and oxygen atoms in total. The number of carboxylic acids is 1. The lowest BCUT2D eigenvalue weighted by molar-refractivity contribution is -0.140. The predicted molar refractivity (Wildman–Crippen MR) is 54.0 cm³/mol. The molecule has 74 valence electrons. The van der Waals surface area contributed by atoms with Gasteiger partial charge in [-0.3, -0.25) is 4.79 Å². The van der Waals surface area contributed by atoms with Gasteiger partial charge >= 0.3 is 5.97 Å². The van der Waals surface area contributed by atoms with Crippen LogP contribution >= 0.6 is 11.8 Å². The van der Waals surface area contributed by atoms with Gasteiger partial charge in [0, 0.05) is 0 Å². The minimum atomic E-state index is -0.568. The molecular formula is C10H16O2S. The Kier molecular flexibility index (Phi) is 2.54. The van der Waals surface area contributed by atoms with Gasteiger partial charge in [0.2, 0.25) is 0 Å². The van der Waals surface area contributed by atoms with Gasteiger partial charge in [0.1, 0.15) is 4.75 Å². The number of rotatable bonds is 3. The van der Waals surface area contributed by atoms with E-state index in [1.54, 1.807) is 11.8 Å². The van der Waals surface area contributed by atoms with Crippen molar-refractivity contribution in [1.29, 1.82) is 0 Å². The number of carboxylic acid groups (broad SMARTS) is 1. The number of thioether (sulfide) groups is 1. The van der Waals surface area contributed by atoms with Crippen molar-refractivity contribution >= 4 is 17.7 Å². The largest absolute Gasteiger partial charge is 0.480 e. The van der Waals surface area contributed by atoms with Crippen LogP contribution in [0.15, 0.2) is 0 Å². The maximum atomic E-state index is 11.2. The first-order valence-electron chi connectivity index (χ1n) is 5.10. The van der Waals surface area contributed by atoms with E-state index in [-0.39, 0.29) is 0 Å². The van der Waals surface area contributed by atoms with Crippen LogP contribution in [0, 0.1) is 5.92 Å². The monoisotopic (exact) mass is 200 g/mol. The SMILES string of the molecule is O=C(O)C1(CC2CCC2)CCCS1. The molecule has 0 spiro atoms. The fourth-order valence-corrected chi connectivity index (χ4v) is 3.72. The third-order valence-electron chi connectivity index (χ3n) is 3.34. The molecule has 0 aromatic heterocycles. The Hall–Kier alpha value is -0.180. The van der Waals surface area contributed by atoms with E-state index >= 15 is 0 Å². The van der Waals surface area contributed by atoms with Crippen molar-refractivity contribution in [2.75, 3.05) is 5.75 Å². The molecule has 2 fully saturated rings. The quantitative estimate of drug-likeness (QED) is 0.760. The molecule has 1 aliphatic heterocycles. The molecule has 3 heteroatoms. The van der Waals surface area contributed by atoms with Gasteiger partial charge in [0.05, 0.1) is 0 Å². The minimum Gasteiger partial charge on any atom is -0.480 e. The van der Waals surface area contributed by atoms with E-state index in [0.29, 0.717) is 5.92 Å². The van der Waals surface area contributed by atoms with E-state index in [2.05, 4.69) is 0 Å². The molecule has 1 unspecified atom stereocenters. The summed E-state index contributed by atoms with van der Waals surface area (Å²) in [5, 5.41) is 9.21. The zero-order valence-corrected chi connectivity index (χ0v) is 8.61. The summed E-state index contributed by atoms with van der Waals surface area (Å²) in [6.07, 6.45) is 6.73. The molecule has 0 bridgehead atoms. The lowest BCUT2D eigenvalue weighted by Crippen LogP contribution is -2.36. The Bertz CT molecular complexity index is 205. The van der Waals surface area contributed by atoms with Crippen LogP contribution in [0.4, 0.5) is 0 Å². The summed E-state index contributed by atoms with van der Waals surface area (Å²) in [6.45, 7) is 0. The minimum absolute atomic E-state index is 0.398. The molecule has 0 aromatic rings. The Balaban J connectivity index is 1.99. The van der Waals surface area contributed by atoms with Crippen molar-refractivity contribution in [1.82, 2.24) is 0 Å². The predicted octanol–water partition coefficient (Wildman–Crippen LogP) is 2.53. The van der Waals surface area contributed by atoms with E-state index in [1.807, 2.05) is 0 Å². The van der Waals surface area contributed by atoms with Crippen LogP contribution in [0.2, 0.25) is 0 Å². The Morgan fingerprint density at radius 3 is 2.62 bits per heavy atom. The van der Waals surface area contributed by atoms with Crippen LogP contribution in [0.25, 0.3) is 0 Å². The average molecular weight is 200 g/mol. The van der Waals surface area contributed by atoms with Crippen molar-refractivity contribution in [2.24, 2.45) is 5.92 Å². The van der Waals surface area contributed by atoms with Crippen molar-refractivity contribution in [3.8, 4) is 0 Å². The topological polar surface area (TPSA) is 37.3 Å². The molecular weight excluding hydrogens is 184 g/mol. The van der Waals surface area contributed by atoms with Crippen LogP contribution in [0.3, 0.4) is 0 Å². The zero-order valence-electron chi connectivity index (χ0n) is 7.79. The van der Waals surface area contributed by atoms with Crippen molar-refractivity contribution in [3.63, 3.8) is 0 Å². The molecule has 1 heterocycles. The van der Waals surface area contributed by atoms with E-state index in [0.717, 1.165) is 25.0 Å². The molecule has 0 aromatic carbocycles. The van der Waals surface area contributed by atoms with Crippen LogP contribution in [-0.4, -0.2) is 21.6 Å². The van der Waals surface area contributed by atoms with E-state index in [1.165, 1.54) is 19.3 Å². The van der Waals surface area contributed by atoms with Gasteiger partial charge in [0.15, 0.2) is 0 Å². The molecule has 0 amide bonds. The molecule has 2 aliphatic rings. The summed E-state index contributed by atoms with van der Waals surface area (Å²) in [5.74, 6) is 1.18. The molecule has 0 radical (unpaired) electrons. The van der Waals surface area contributed by atoms with Gasteiger partial charge in [-0.05, 0) is 30.9 Å². The van der Waals surface area contributed by atoms with Crippen molar-refractivity contribution in [3.05, 3.63) is 0 Å². The Morgan fingerprint density at radius 2 is 2.23 bits per heavy atom. The first kappa shape index (κ1) is 9.38. The summed E-state index contributed by atoms with van der Waals surface area (Å²) in [4.78, 5) is 11.2. The van der Waals surface area contributed by atoms with Gasteiger partial charge < -0.3 is 5.11 Å². The highest BCUT2D eigenvalue weighted by Gasteiger charge is 2.44. The summed E-state index contributed by atoms with van der Waals surface area (Å²) >= 11 is 1.68. The highest BCUT2D eigenvalue weighted by atomic mass is 32.2. The van der Waals surface area contributed by atoms with Crippen LogP contribution < -0.4 is 0 Å². The van der Waals surface area contributed by atoms with Crippen LogP contribution in [0.5, 0.6) is 0 Å². The molecule has 1 N–H and O–H groups in total.